The molecule has 37 heavy (non-hydrogen) atoms. The molecule has 1 heterocycles. The number of amides is 2. The smallest absolute Gasteiger partial charge is 0.282 e. The molecule has 0 bridgehead atoms. The number of nitrogens with zero attached hydrogens (tertiary/aromatic N) is 2. The van der Waals surface area contributed by atoms with Crippen molar-refractivity contribution in [2.75, 3.05) is 17.3 Å². The van der Waals surface area contributed by atoms with Gasteiger partial charge in [-0.1, -0.05) is 60.1 Å². The van der Waals surface area contributed by atoms with Crippen molar-refractivity contribution in [1.29, 1.82) is 0 Å². The number of nitrogens with one attached hydrogen (secondary N) is 1. The molecular weight excluding hydrogens is 486 g/mol. The quantitative estimate of drug-likeness (QED) is 0.305. The van der Waals surface area contributed by atoms with Gasteiger partial charge in [-0.2, -0.15) is 0 Å². The summed E-state index contributed by atoms with van der Waals surface area (Å²) in [5.41, 5.74) is 3.47. The van der Waals surface area contributed by atoms with Crippen molar-refractivity contribution in [2.45, 2.75) is 0 Å². The maximum Gasteiger partial charge on any atom is 0.282 e. The molecule has 1 aliphatic heterocycles. The molecular formula is C30H22ClN3O3. The van der Waals surface area contributed by atoms with E-state index in [9.17, 15) is 9.59 Å². The third-order valence-corrected chi connectivity index (χ3v) is 6.17. The van der Waals surface area contributed by atoms with Crippen LogP contribution in [0.4, 0.5) is 11.4 Å². The first-order valence-electron chi connectivity index (χ1n) is 11.5. The van der Waals surface area contributed by atoms with Gasteiger partial charge in [0, 0.05) is 21.8 Å². The summed E-state index contributed by atoms with van der Waals surface area (Å²) in [5, 5.41) is 3.39. The molecule has 5 rings (SSSR count). The Morgan fingerprint density at radius 1 is 0.892 bits per heavy atom. The molecule has 0 atom stereocenters. The number of amidine groups is 1. The highest BCUT2D eigenvalue weighted by Gasteiger charge is 2.32. The van der Waals surface area contributed by atoms with Crippen molar-refractivity contribution in [3.63, 3.8) is 0 Å². The number of benzene rings is 4. The van der Waals surface area contributed by atoms with Crippen molar-refractivity contribution in [3.8, 4) is 5.75 Å². The van der Waals surface area contributed by atoms with E-state index in [1.54, 1.807) is 72.7 Å². The topological polar surface area (TPSA) is 71.0 Å². The summed E-state index contributed by atoms with van der Waals surface area (Å²) in [5.74, 6) is 0.658. The highest BCUT2D eigenvalue weighted by molar-refractivity contribution is 6.34. The Morgan fingerprint density at radius 3 is 2.24 bits per heavy atom. The molecule has 0 saturated heterocycles. The van der Waals surface area contributed by atoms with Crippen molar-refractivity contribution >= 4 is 46.7 Å². The summed E-state index contributed by atoms with van der Waals surface area (Å²) in [6.45, 7) is 0. The lowest BCUT2D eigenvalue weighted by molar-refractivity contribution is -0.113. The molecule has 7 heteroatoms. The summed E-state index contributed by atoms with van der Waals surface area (Å²) in [6.07, 6.45) is 1.68. The summed E-state index contributed by atoms with van der Waals surface area (Å²) in [4.78, 5) is 32.5. The van der Waals surface area contributed by atoms with E-state index >= 15 is 0 Å². The van der Waals surface area contributed by atoms with Gasteiger partial charge in [-0.3, -0.25) is 14.5 Å². The molecule has 0 aliphatic carbocycles. The average molecular weight is 508 g/mol. The minimum Gasteiger partial charge on any atom is -0.497 e. The van der Waals surface area contributed by atoms with E-state index in [-0.39, 0.29) is 17.5 Å². The van der Waals surface area contributed by atoms with E-state index in [0.717, 1.165) is 5.56 Å². The van der Waals surface area contributed by atoms with E-state index in [1.165, 1.54) is 0 Å². The molecule has 6 nitrogen and oxygen atoms in total. The van der Waals surface area contributed by atoms with Gasteiger partial charge in [-0.05, 0) is 66.2 Å². The zero-order chi connectivity index (χ0) is 25.8. The highest BCUT2D eigenvalue weighted by Crippen LogP contribution is 2.29. The first-order valence-corrected chi connectivity index (χ1v) is 11.9. The molecule has 2 amide bonds. The predicted octanol–water partition coefficient (Wildman–Crippen LogP) is 6.44. The summed E-state index contributed by atoms with van der Waals surface area (Å²) in [7, 11) is 1.59. The molecule has 0 fully saturated rings. The predicted molar refractivity (Wildman–Crippen MR) is 147 cm³/mol. The van der Waals surface area contributed by atoms with Crippen molar-refractivity contribution in [1.82, 2.24) is 0 Å². The molecule has 4 aromatic rings. The Hall–Kier alpha value is -4.68. The highest BCUT2D eigenvalue weighted by atomic mass is 35.5. The number of carbonyl (C=O) groups is 2. The fourth-order valence-electron chi connectivity index (χ4n) is 3.92. The van der Waals surface area contributed by atoms with E-state index < -0.39 is 0 Å². The second-order valence-corrected chi connectivity index (χ2v) is 8.63. The standard InChI is InChI=1S/C30H22ClN3O3/c1-37-25-17-13-23(14-18-25)32-29(35)21-11-15-24(16-12-21)34-28(20-7-3-2-4-8-20)33-27(30(34)36)19-22-9-5-6-10-26(22)31/h2-19H,1H3,(H,32,35). The first-order chi connectivity index (χ1) is 18.0. The van der Waals surface area contributed by atoms with Gasteiger partial charge in [-0.25, -0.2) is 4.99 Å². The van der Waals surface area contributed by atoms with Crippen LogP contribution in [0.25, 0.3) is 6.08 Å². The van der Waals surface area contributed by atoms with Gasteiger partial charge in [0.2, 0.25) is 0 Å². The Balaban J connectivity index is 1.44. The molecule has 0 unspecified atom stereocenters. The second kappa shape index (κ2) is 10.5. The minimum atomic E-state index is -0.283. The van der Waals surface area contributed by atoms with Crippen LogP contribution in [0.15, 0.2) is 114 Å². The Labute approximate surface area is 219 Å². The van der Waals surface area contributed by atoms with Gasteiger partial charge < -0.3 is 10.1 Å². The largest absolute Gasteiger partial charge is 0.497 e. The molecule has 0 aromatic heterocycles. The van der Waals surface area contributed by atoms with Crippen LogP contribution in [0.3, 0.4) is 0 Å². The van der Waals surface area contributed by atoms with Crippen LogP contribution in [-0.2, 0) is 4.79 Å². The number of ether oxygens (including phenoxy) is 1. The van der Waals surface area contributed by atoms with Gasteiger partial charge in [0.25, 0.3) is 11.8 Å². The summed E-state index contributed by atoms with van der Waals surface area (Å²) >= 11 is 6.32. The summed E-state index contributed by atoms with van der Waals surface area (Å²) < 4.78 is 5.15. The van der Waals surface area contributed by atoms with Crippen molar-refractivity contribution in [2.24, 2.45) is 4.99 Å². The molecule has 0 saturated carbocycles. The SMILES string of the molecule is COc1ccc(NC(=O)c2ccc(N3C(=O)C(=Cc4ccccc4Cl)N=C3c3ccccc3)cc2)cc1. The first kappa shape index (κ1) is 24.0. The normalized spacial score (nSPS) is 14.0. The van der Waals surface area contributed by atoms with Crippen LogP contribution in [0.1, 0.15) is 21.5 Å². The fourth-order valence-corrected chi connectivity index (χ4v) is 4.11. The Morgan fingerprint density at radius 2 is 1.57 bits per heavy atom. The van der Waals surface area contributed by atoms with Crippen molar-refractivity contribution < 1.29 is 14.3 Å². The number of halogens is 1. The molecule has 1 N–H and O–H groups in total. The van der Waals surface area contributed by atoms with Gasteiger partial charge in [0.1, 0.15) is 17.3 Å². The van der Waals surface area contributed by atoms with Crippen LogP contribution in [0.5, 0.6) is 5.75 Å². The number of anilines is 2. The number of aliphatic imine (C=N–C) groups is 1. The van der Waals surface area contributed by atoms with Crippen LogP contribution in [-0.4, -0.2) is 24.8 Å². The zero-order valence-electron chi connectivity index (χ0n) is 19.9. The summed E-state index contributed by atoms with van der Waals surface area (Å²) in [6, 6.07) is 30.7. The molecule has 1 aliphatic rings. The van der Waals surface area contributed by atoms with Crippen LogP contribution in [0, 0.1) is 0 Å². The number of rotatable bonds is 6. The number of methoxy groups -OCH3 is 1. The maximum atomic E-state index is 13.5. The van der Waals surface area contributed by atoms with Gasteiger partial charge in [0.05, 0.1) is 12.8 Å². The fraction of sp³-hybridized carbons (Fsp3) is 0.0333. The number of hydrogen-bond donors (Lipinski definition) is 1. The van der Waals surface area contributed by atoms with E-state index in [1.807, 2.05) is 48.5 Å². The third kappa shape index (κ3) is 5.15. The van der Waals surface area contributed by atoms with Crippen LogP contribution >= 0.6 is 11.6 Å². The minimum absolute atomic E-state index is 0.263. The van der Waals surface area contributed by atoms with E-state index in [0.29, 0.717) is 39.1 Å². The van der Waals surface area contributed by atoms with Crippen LogP contribution in [0.2, 0.25) is 5.02 Å². The number of carbonyl (C=O) groups excluding carboxylic acids is 2. The molecule has 182 valence electrons. The third-order valence-electron chi connectivity index (χ3n) is 5.83. The Bertz CT molecular complexity index is 1510. The second-order valence-electron chi connectivity index (χ2n) is 8.22. The zero-order valence-corrected chi connectivity index (χ0v) is 20.6. The van der Waals surface area contributed by atoms with E-state index in [2.05, 4.69) is 10.3 Å². The number of hydrogen-bond acceptors (Lipinski definition) is 4. The van der Waals surface area contributed by atoms with E-state index in [4.69, 9.17) is 16.3 Å². The molecule has 0 radical (unpaired) electrons. The average Bonchev–Trinajstić information content (AvgIpc) is 3.26. The van der Waals surface area contributed by atoms with Crippen molar-refractivity contribution in [3.05, 3.63) is 131 Å². The molecule has 0 spiro atoms. The Kier molecular flexibility index (Phi) is 6.83. The lowest BCUT2D eigenvalue weighted by Crippen LogP contribution is -2.32. The van der Waals surface area contributed by atoms with Crippen LogP contribution < -0.4 is 15.0 Å². The van der Waals surface area contributed by atoms with Gasteiger partial charge in [0.15, 0.2) is 0 Å². The van der Waals surface area contributed by atoms with Gasteiger partial charge in [-0.15, -0.1) is 0 Å². The molecule has 4 aromatic carbocycles. The lowest BCUT2D eigenvalue weighted by atomic mass is 10.1. The van der Waals surface area contributed by atoms with Gasteiger partial charge >= 0.3 is 0 Å². The lowest BCUT2D eigenvalue weighted by Gasteiger charge is -2.19. The maximum absolute atomic E-state index is 13.5. The monoisotopic (exact) mass is 507 g/mol.